The van der Waals surface area contributed by atoms with Gasteiger partial charge in [0.15, 0.2) is 15.8 Å². The predicted molar refractivity (Wildman–Crippen MR) is 97.6 cm³/mol. The first-order chi connectivity index (χ1) is 12.8. The molecule has 0 fully saturated rings. The molecule has 0 amide bonds. The van der Waals surface area contributed by atoms with Gasteiger partial charge in [0.25, 0.3) is 0 Å². The second-order valence-corrected chi connectivity index (χ2v) is 7.68. The molecule has 2 aromatic rings. The molecular weight excluding hydrogens is 379 g/mol. The minimum absolute atomic E-state index is 0.0336. The van der Waals surface area contributed by atoms with Gasteiger partial charge in [-0.1, -0.05) is 12.1 Å². The maximum atomic E-state index is 13.7. The van der Waals surface area contributed by atoms with Crippen molar-refractivity contribution in [3.05, 3.63) is 65.5 Å². The summed E-state index contributed by atoms with van der Waals surface area (Å²) in [6.45, 7) is 2.13. The Morgan fingerprint density at radius 1 is 1.04 bits per heavy atom. The first kappa shape index (κ1) is 20.8. The van der Waals surface area contributed by atoms with Gasteiger partial charge in [-0.25, -0.2) is 26.6 Å². The fraction of sp³-hybridized carbons (Fsp3) is 0.278. The summed E-state index contributed by atoms with van der Waals surface area (Å²) in [5.41, 5.74) is 0.0752. The average Bonchev–Trinajstić information content (AvgIpc) is 2.62. The zero-order valence-corrected chi connectivity index (χ0v) is 15.5. The third-order valence-corrected chi connectivity index (χ3v) is 5.34. The van der Waals surface area contributed by atoms with Gasteiger partial charge in [-0.15, -0.1) is 0 Å². The molecule has 0 aliphatic carbocycles. The number of halogens is 3. The van der Waals surface area contributed by atoms with Gasteiger partial charge in [0.2, 0.25) is 0 Å². The Balaban J connectivity index is 2.02. The molecule has 0 unspecified atom stereocenters. The number of guanidine groups is 1. The molecule has 0 saturated heterocycles. The Morgan fingerprint density at radius 3 is 2.48 bits per heavy atom. The van der Waals surface area contributed by atoms with E-state index in [0.29, 0.717) is 6.54 Å². The van der Waals surface area contributed by atoms with Crippen LogP contribution >= 0.6 is 0 Å². The van der Waals surface area contributed by atoms with E-state index in [-0.39, 0.29) is 35.3 Å². The van der Waals surface area contributed by atoms with Gasteiger partial charge in [-0.3, -0.25) is 0 Å². The van der Waals surface area contributed by atoms with Crippen LogP contribution in [0.2, 0.25) is 0 Å². The predicted octanol–water partition coefficient (Wildman–Crippen LogP) is 2.63. The van der Waals surface area contributed by atoms with Crippen molar-refractivity contribution in [2.75, 3.05) is 18.8 Å². The van der Waals surface area contributed by atoms with E-state index in [9.17, 15) is 21.6 Å². The molecule has 0 saturated carbocycles. The van der Waals surface area contributed by atoms with Crippen LogP contribution in [-0.4, -0.2) is 33.2 Å². The first-order valence-corrected chi connectivity index (χ1v) is 9.92. The van der Waals surface area contributed by atoms with E-state index in [1.54, 1.807) is 6.92 Å². The topological polar surface area (TPSA) is 70.6 Å². The molecule has 0 aliphatic rings. The Kier molecular flexibility index (Phi) is 7.23. The van der Waals surface area contributed by atoms with E-state index in [0.717, 1.165) is 24.3 Å². The maximum Gasteiger partial charge on any atom is 0.191 e. The number of nitrogens with zero attached hydrogens (tertiary/aromatic N) is 1. The smallest absolute Gasteiger partial charge is 0.191 e. The highest BCUT2D eigenvalue weighted by atomic mass is 32.2. The Bertz CT molecular complexity index is 918. The van der Waals surface area contributed by atoms with Crippen molar-refractivity contribution < 1.29 is 21.6 Å². The summed E-state index contributed by atoms with van der Waals surface area (Å²) in [6.07, 6.45) is 0. The van der Waals surface area contributed by atoms with Gasteiger partial charge >= 0.3 is 0 Å². The van der Waals surface area contributed by atoms with Gasteiger partial charge in [-0.05, 0) is 37.3 Å². The van der Waals surface area contributed by atoms with Crippen LogP contribution in [0.5, 0.6) is 0 Å². The highest BCUT2D eigenvalue weighted by Crippen LogP contribution is 2.15. The lowest BCUT2D eigenvalue weighted by atomic mass is 10.2. The number of nitrogens with one attached hydrogen (secondary N) is 2. The Labute approximate surface area is 156 Å². The monoisotopic (exact) mass is 399 g/mol. The zero-order valence-electron chi connectivity index (χ0n) is 14.7. The van der Waals surface area contributed by atoms with E-state index >= 15 is 0 Å². The molecule has 146 valence electrons. The molecule has 0 spiro atoms. The summed E-state index contributed by atoms with van der Waals surface area (Å²) < 4.78 is 65.0. The van der Waals surface area contributed by atoms with E-state index in [2.05, 4.69) is 15.6 Å². The standard InChI is InChI=1S/C18H20F3N3O2S/c1-2-22-18(24-12-13-11-14(19)7-8-15(13)20)23-9-10-27(25,26)17-6-4-3-5-16(17)21/h3-8,11H,2,9-10,12H2,1H3,(H2,22,23,24). The molecule has 0 aliphatic heterocycles. The summed E-state index contributed by atoms with van der Waals surface area (Å²) in [4.78, 5) is 3.75. The molecule has 2 rings (SSSR count). The van der Waals surface area contributed by atoms with Crippen LogP contribution in [0.1, 0.15) is 12.5 Å². The van der Waals surface area contributed by atoms with Crippen molar-refractivity contribution in [3.8, 4) is 0 Å². The summed E-state index contributed by atoms with van der Waals surface area (Å²) in [5, 5.41) is 5.67. The van der Waals surface area contributed by atoms with Gasteiger partial charge in [0.1, 0.15) is 22.3 Å². The average molecular weight is 399 g/mol. The number of sulfone groups is 1. The molecule has 2 aromatic carbocycles. The van der Waals surface area contributed by atoms with Crippen molar-refractivity contribution in [2.45, 2.75) is 18.4 Å². The third-order valence-electron chi connectivity index (χ3n) is 3.59. The molecule has 5 nitrogen and oxygen atoms in total. The van der Waals surface area contributed by atoms with E-state index in [4.69, 9.17) is 0 Å². The van der Waals surface area contributed by atoms with Crippen LogP contribution < -0.4 is 10.6 Å². The van der Waals surface area contributed by atoms with E-state index in [1.165, 1.54) is 18.2 Å². The number of hydrogen-bond donors (Lipinski definition) is 2. The van der Waals surface area contributed by atoms with Gasteiger partial charge in [-0.2, -0.15) is 0 Å². The van der Waals surface area contributed by atoms with Crippen LogP contribution in [0.25, 0.3) is 0 Å². The third kappa shape index (κ3) is 5.99. The Hall–Kier alpha value is -2.55. The fourth-order valence-electron chi connectivity index (χ4n) is 2.28. The van der Waals surface area contributed by atoms with Crippen molar-refractivity contribution in [1.82, 2.24) is 10.6 Å². The second kappa shape index (κ2) is 9.40. The SMILES string of the molecule is CCNC(=NCc1cc(F)ccc1F)NCCS(=O)(=O)c1ccccc1F. The van der Waals surface area contributed by atoms with E-state index in [1.807, 2.05) is 0 Å². The lowest BCUT2D eigenvalue weighted by molar-refractivity contribution is 0.566. The quantitative estimate of drug-likeness (QED) is 0.555. The van der Waals surface area contributed by atoms with Crippen LogP contribution in [-0.2, 0) is 16.4 Å². The summed E-state index contributed by atoms with van der Waals surface area (Å²) in [6, 6.07) is 8.22. The molecule has 0 atom stereocenters. The van der Waals surface area contributed by atoms with Gasteiger partial charge in [0, 0.05) is 18.7 Å². The first-order valence-electron chi connectivity index (χ1n) is 8.27. The number of hydrogen-bond acceptors (Lipinski definition) is 3. The lowest BCUT2D eigenvalue weighted by Gasteiger charge is -2.12. The zero-order chi connectivity index (χ0) is 19.9. The molecule has 27 heavy (non-hydrogen) atoms. The summed E-state index contributed by atoms with van der Waals surface area (Å²) in [7, 11) is -3.81. The van der Waals surface area contributed by atoms with Gasteiger partial charge in [0.05, 0.1) is 12.3 Å². The Morgan fingerprint density at radius 2 is 1.78 bits per heavy atom. The lowest BCUT2D eigenvalue weighted by Crippen LogP contribution is -2.39. The minimum atomic E-state index is -3.81. The number of benzene rings is 2. The fourth-order valence-corrected chi connectivity index (χ4v) is 3.52. The summed E-state index contributed by atoms with van der Waals surface area (Å²) in [5.74, 6) is -2.08. The van der Waals surface area contributed by atoms with Crippen molar-refractivity contribution in [2.24, 2.45) is 4.99 Å². The summed E-state index contributed by atoms with van der Waals surface area (Å²) >= 11 is 0. The van der Waals surface area contributed by atoms with E-state index < -0.39 is 27.3 Å². The molecule has 0 radical (unpaired) electrons. The van der Waals surface area contributed by atoms with Crippen LogP contribution in [0, 0.1) is 17.5 Å². The number of aliphatic imine (C=N–C) groups is 1. The van der Waals surface area contributed by atoms with Crippen LogP contribution in [0.3, 0.4) is 0 Å². The number of rotatable bonds is 7. The van der Waals surface area contributed by atoms with Crippen molar-refractivity contribution >= 4 is 15.8 Å². The maximum absolute atomic E-state index is 13.7. The molecule has 2 N–H and O–H groups in total. The second-order valence-electron chi connectivity index (χ2n) is 5.61. The molecular formula is C18H20F3N3O2S. The largest absolute Gasteiger partial charge is 0.357 e. The van der Waals surface area contributed by atoms with Crippen molar-refractivity contribution in [3.63, 3.8) is 0 Å². The molecule has 0 aromatic heterocycles. The molecule has 9 heteroatoms. The highest BCUT2D eigenvalue weighted by Gasteiger charge is 2.18. The molecule has 0 heterocycles. The van der Waals surface area contributed by atoms with Crippen LogP contribution in [0.4, 0.5) is 13.2 Å². The molecule has 0 bridgehead atoms. The van der Waals surface area contributed by atoms with Crippen LogP contribution in [0.15, 0.2) is 52.4 Å². The normalized spacial score (nSPS) is 12.1. The highest BCUT2D eigenvalue weighted by molar-refractivity contribution is 7.91. The van der Waals surface area contributed by atoms with Crippen molar-refractivity contribution in [1.29, 1.82) is 0 Å². The van der Waals surface area contributed by atoms with Gasteiger partial charge < -0.3 is 10.6 Å². The minimum Gasteiger partial charge on any atom is -0.357 e.